The van der Waals surface area contributed by atoms with Crippen molar-refractivity contribution in [3.8, 4) is 0 Å². The van der Waals surface area contributed by atoms with Crippen LogP contribution in [-0.2, 0) is 10.0 Å². The Kier molecular flexibility index (Phi) is 4.44. The number of hydrogen-bond donors (Lipinski definition) is 1. The van der Waals surface area contributed by atoms with E-state index in [4.69, 9.17) is 0 Å². The Morgan fingerprint density at radius 2 is 2.00 bits per heavy atom. The molecule has 1 aliphatic heterocycles. The molecule has 134 valence electrons. The molecular weight excluding hydrogens is 348 g/mol. The van der Waals surface area contributed by atoms with E-state index in [9.17, 15) is 8.42 Å². The number of aryl methyl sites for hydroxylation is 1. The smallest absolute Gasteiger partial charge is 0.246 e. The summed E-state index contributed by atoms with van der Waals surface area (Å²) >= 11 is 0. The first-order chi connectivity index (χ1) is 12.6. The van der Waals surface area contributed by atoms with E-state index < -0.39 is 10.0 Å². The molecule has 26 heavy (non-hydrogen) atoms. The van der Waals surface area contributed by atoms with Gasteiger partial charge >= 0.3 is 0 Å². The maximum Gasteiger partial charge on any atom is 0.246 e. The highest BCUT2D eigenvalue weighted by atomic mass is 32.2. The van der Waals surface area contributed by atoms with Crippen molar-refractivity contribution in [2.75, 3.05) is 19.6 Å². The van der Waals surface area contributed by atoms with E-state index in [0.29, 0.717) is 35.6 Å². The topological polar surface area (TPSA) is 75.2 Å². The van der Waals surface area contributed by atoms with Crippen LogP contribution in [0, 0.1) is 6.92 Å². The summed E-state index contributed by atoms with van der Waals surface area (Å²) in [6.45, 7) is 3.40. The van der Waals surface area contributed by atoms with Crippen LogP contribution in [0.2, 0.25) is 0 Å². The molecule has 6 nitrogen and oxygen atoms in total. The highest BCUT2D eigenvalue weighted by Crippen LogP contribution is 2.33. The minimum atomic E-state index is -3.71. The molecule has 1 atom stereocenters. The molecule has 0 saturated carbocycles. The Hall–Kier alpha value is -2.35. The Labute approximate surface area is 152 Å². The third kappa shape index (κ3) is 2.88. The van der Waals surface area contributed by atoms with Gasteiger partial charge in [-0.15, -0.1) is 0 Å². The lowest BCUT2D eigenvalue weighted by Gasteiger charge is -2.35. The highest BCUT2D eigenvalue weighted by Gasteiger charge is 2.36. The van der Waals surface area contributed by atoms with Crippen LogP contribution in [0.25, 0.3) is 10.9 Å². The monoisotopic (exact) mass is 368 g/mol. The third-order valence-corrected chi connectivity index (χ3v) is 6.84. The lowest BCUT2D eigenvalue weighted by molar-refractivity contribution is 0.271. The Balaban J connectivity index is 1.87. The molecule has 3 heterocycles. The van der Waals surface area contributed by atoms with Gasteiger partial charge in [0.05, 0.1) is 11.6 Å². The van der Waals surface area contributed by atoms with Gasteiger partial charge in [0, 0.05) is 43.6 Å². The number of nitrogens with one attached hydrogen (secondary N) is 1. The van der Waals surface area contributed by atoms with Crippen molar-refractivity contribution in [2.45, 2.75) is 17.9 Å². The number of rotatable bonds is 3. The Bertz CT molecular complexity index is 1040. The van der Waals surface area contributed by atoms with Gasteiger partial charge in [0.15, 0.2) is 0 Å². The van der Waals surface area contributed by atoms with Crippen molar-refractivity contribution in [1.29, 1.82) is 0 Å². The van der Waals surface area contributed by atoms with Gasteiger partial charge in [-0.25, -0.2) is 8.42 Å². The number of benzene rings is 1. The fourth-order valence-electron chi connectivity index (χ4n) is 3.49. The highest BCUT2D eigenvalue weighted by molar-refractivity contribution is 7.89. The number of aromatic nitrogens is 2. The van der Waals surface area contributed by atoms with Crippen LogP contribution < -0.4 is 5.32 Å². The first kappa shape index (κ1) is 17.1. The number of piperazine rings is 1. The molecule has 3 aromatic rings. The average molecular weight is 368 g/mol. The summed E-state index contributed by atoms with van der Waals surface area (Å²) in [5, 5.41) is 4.11. The van der Waals surface area contributed by atoms with Crippen molar-refractivity contribution in [2.24, 2.45) is 0 Å². The minimum Gasteiger partial charge on any atom is -0.313 e. The molecule has 0 amide bonds. The number of nitrogens with zero attached hydrogens (tertiary/aromatic N) is 3. The minimum absolute atomic E-state index is 0.291. The van der Waals surface area contributed by atoms with E-state index in [1.165, 1.54) is 0 Å². The molecule has 7 heteroatoms. The molecule has 2 aromatic heterocycles. The number of fused-ring (bicyclic) bond motifs is 1. The van der Waals surface area contributed by atoms with Crippen molar-refractivity contribution in [3.63, 3.8) is 0 Å². The standard InChI is InChI=1S/C19H20N4O2S/c1-14-6-7-15-4-3-9-22-18(15)19(14)26(24,25)23-11-10-21-13-17(23)16-5-2-8-20-12-16/h2-9,12,17,21H,10-11,13H2,1H3. The zero-order chi connectivity index (χ0) is 18.1. The summed E-state index contributed by atoms with van der Waals surface area (Å²) in [6, 6.07) is 10.9. The Morgan fingerprint density at radius 3 is 2.81 bits per heavy atom. The van der Waals surface area contributed by atoms with Gasteiger partial charge in [0.1, 0.15) is 4.90 Å². The molecule has 0 spiro atoms. The lowest BCUT2D eigenvalue weighted by atomic mass is 10.1. The van der Waals surface area contributed by atoms with Gasteiger partial charge in [-0.1, -0.05) is 24.3 Å². The fourth-order valence-corrected chi connectivity index (χ4v) is 5.48. The zero-order valence-corrected chi connectivity index (χ0v) is 15.3. The lowest BCUT2D eigenvalue weighted by Crippen LogP contribution is -2.48. The molecule has 1 N–H and O–H groups in total. The quantitative estimate of drug-likeness (QED) is 0.768. The first-order valence-electron chi connectivity index (χ1n) is 8.56. The molecule has 1 aliphatic rings. The summed E-state index contributed by atoms with van der Waals surface area (Å²) in [7, 11) is -3.71. The van der Waals surface area contributed by atoms with E-state index in [-0.39, 0.29) is 6.04 Å². The molecule has 0 aliphatic carbocycles. The van der Waals surface area contributed by atoms with Crippen LogP contribution in [0.4, 0.5) is 0 Å². The van der Waals surface area contributed by atoms with E-state index in [2.05, 4.69) is 15.3 Å². The summed E-state index contributed by atoms with van der Waals surface area (Å²) < 4.78 is 28.9. The van der Waals surface area contributed by atoms with Crippen molar-refractivity contribution >= 4 is 20.9 Å². The molecule has 1 unspecified atom stereocenters. The van der Waals surface area contributed by atoms with Crippen LogP contribution >= 0.6 is 0 Å². The third-order valence-electron chi connectivity index (χ3n) is 4.76. The summed E-state index contributed by atoms with van der Waals surface area (Å²) in [5.41, 5.74) is 2.12. The molecule has 1 saturated heterocycles. The molecule has 0 bridgehead atoms. The van der Waals surface area contributed by atoms with Crippen LogP contribution in [0.3, 0.4) is 0 Å². The summed E-state index contributed by atoms with van der Waals surface area (Å²) in [5.74, 6) is 0. The summed E-state index contributed by atoms with van der Waals surface area (Å²) in [4.78, 5) is 8.82. The van der Waals surface area contributed by atoms with Crippen molar-refractivity contribution in [3.05, 3.63) is 66.1 Å². The second-order valence-electron chi connectivity index (χ2n) is 6.41. The SMILES string of the molecule is Cc1ccc2cccnc2c1S(=O)(=O)N1CCNCC1c1cccnc1. The molecular formula is C19H20N4O2S. The first-order valence-corrected chi connectivity index (χ1v) is 10.00. The van der Waals surface area contributed by atoms with Gasteiger partial charge < -0.3 is 5.32 Å². The molecule has 1 aromatic carbocycles. The molecule has 1 fully saturated rings. The largest absolute Gasteiger partial charge is 0.313 e. The zero-order valence-electron chi connectivity index (χ0n) is 14.5. The maximum absolute atomic E-state index is 13.6. The van der Waals surface area contributed by atoms with Crippen molar-refractivity contribution < 1.29 is 8.42 Å². The number of hydrogen-bond acceptors (Lipinski definition) is 5. The predicted molar refractivity (Wildman–Crippen MR) is 100 cm³/mol. The summed E-state index contributed by atoms with van der Waals surface area (Å²) in [6.07, 6.45) is 5.06. The average Bonchev–Trinajstić information content (AvgIpc) is 2.68. The second-order valence-corrected chi connectivity index (χ2v) is 8.24. The second kappa shape index (κ2) is 6.75. The van der Waals surface area contributed by atoms with E-state index in [1.807, 2.05) is 43.3 Å². The van der Waals surface area contributed by atoms with E-state index >= 15 is 0 Å². The number of sulfonamides is 1. The van der Waals surface area contributed by atoms with Crippen LogP contribution in [0.1, 0.15) is 17.2 Å². The molecule has 0 radical (unpaired) electrons. The van der Waals surface area contributed by atoms with Crippen LogP contribution in [0.5, 0.6) is 0 Å². The van der Waals surface area contributed by atoms with Gasteiger partial charge in [-0.2, -0.15) is 4.31 Å². The Morgan fingerprint density at radius 1 is 1.15 bits per heavy atom. The normalized spacial score (nSPS) is 18.9. The van der Waals surface area contributed by atoms with Gasteiger partial charge in [-0.3, -0.25) is 9.97 Å². The number of pyridine rings is 2. The van der Waals surface area contributed by atoms with Gasteiger partial charge in [0.2, 0.25) is 10.0 Å². The van der Waals surface area contributed by atoms with Crippen LogP contribution in [-0.4, -0.2) is 42.3 Å². The maximum atomic E-state index is 13.6. The predicted octanol–water partition coefficient (Wildman–Crippen LogP) is 2.27. The van der Waals surface area contributed by atoms with Gasteiger partial charge in [0.25, 0.3) is 0 Å². The van der Waals surface area contributed by atoms with Gasteiger partial charge in [-0.05, 0) is 30.2 Å². The van der Waals surface area contributed by atoms with E-state index in [1.54, 1.807) is 22.9 Å². The van der Waals surface area contributed by atoms with Crippen LogP contribution in [0.15, 0.2) is 59.9 Å². The fraction of sp³-hybridized carbons (Fsp3) is 0.263. The van der Waals surface area contributed by atoms with Crippen molar-refractivity contribution in [1.82, 2.24) is 19.6 Å². The molecule has 4 rings (SSSR count). The van der Waals surface area contributed by atoms with E-state index in [0.717, 1.165) is 10.9 Å².